The van der Waals surface area contributed by atoms with Crippen LogP contribution in [-0.4, -0.2) is 34.4 Å². The standard InChI is InChI=1S/C18H15N3O6/c22-16-9-12(10-20(16)14-4-6-15(7-5-14)21(26)27)17(23)19-13-3-1-2-11(8-13)18(24)25/h1-8,12H,9-10H2,(H,19,23)(H,24,25)/t12-/m1/s1. The average Bonchev–Trinajstić information content (AvgIpc) is 3.04. The highest BCUT2D eigenvalue weighted by molar-refractivity contribution is 6.03. The number of nitro benzene ring substituents is 1. The molecular weight excluding hydrogens is 354 g/mol. The Labute approximate surface area is 153 Å². The van der Waals surface area contributed by atoms with E-state index in [1.807, 2.05) is 0 Å². The predicted molar refractivity (Wildman–Crippen MR) is 95.6 cm³/mol. The molecule has 2 aromatic carbocycles. The Balaban J connectivity index is 1.69. The number of non-ortho nitro benzene ring substituents is 1. The van der Waals surface area contributed by atoms with E-state index in [9.17, 15) is 24.5 Å². The van der Waals surface area contributed by atoms with Crippen molar-refractivity contribution in [1.82, 2.24) is 0 Å². The summed E-state index contributed by atoms with van der Waals surface area (Å²) in [5, 5.41) is 22.3. The summed E-state index contributed by atoms with van der Waals surface area (Å²) in [6, 6.07) is 11.4. The minimum Gasteiger partial charge on any atom is -0.478 e. The van der Waals surface area contributed by atoms with E-state index in [4.69, 9.17) is 5.11 Å². The maximum Gasteiger partial charge on any atom is 0.335 e. The molecular formula is C18H15N3O6. The minimum atomic E-state index is -1.11. The van der Waals surface area contributed by atoms with Crippen LogP contribution in [0.25, 0.3) is 0 Å². The van der Waals surface area contributed by atoms with Crippen LogP contribution in [0.5, 0.6) is 0 Å². The predicted octanol–water partition coefficient (Wildman–Crippen LogP) is 2.28. The number of nitrogens with one attached hydrogen (secondary N) is 1. The maximum atomic E-state index is 12.4. The fourth-order valence-corrected chi connectivity index (χ4v) is 2.86. The van der Waals surface area contributed by atoms with Gasteiger partial charge < -0.3 is 15.3 Å². The van der Waals surface area contributed by atoms with Gasteiger partial charge in [-0.2, -0.15) is 0 Å². The second-order valence-electron chi connectivity index (χ2n) is 6.05. The van der Waals surface area contributed by atoms with E-state index in [1.165, 1.54) is 47.4 Å². The number of nitrogens with zero attached hydrogens (tertiary/aromatic N) is 2. The number of carbonyl (C=O) groups is 3. The fraction of sp³-hybridized carbons (Fsp3) is 0.167. The molecule has 0 aliphatic carbocycles. The van der Waals surface area contributed by atoms with E-state index in [2.05, 4.69) is 5.32 Å². The lowest BCUT2D eigenvalue weighted by Crippen LogP contribution is -2.28. The number of amides is 2. The van der Waals surface area contributed by atoms with Gasteiger partial charge in [-0.05, 0) is 30.3 Å². The van der Waals surface area contributed by atoms with Crippen LogP contribution >= 0.6 is 0 Å². The number of rotatable bonds is 5. The topological polar surface area (TPSA) is 130 Å². The first-order valence-corrected chi connectivity index (χ1v) is 8.04. The van der Waals surface area contributed by atoms with Gasteiger partial charge in [-0.25, -0.2) is 4.79 Å². The van der Waals surface area contributed by atoms with E-state index in [1.54, 1.807) is 6.07 Å². The molecule has 1 saturated heterocycles. The molecule has 1 aliphatic heterocycles. The molecule has 1 aliphatic rings. The van der Waals surface area contributed by atoms with Gasteiger partial charge in [-0.3, -0.25) is 19.7 Å². The average molecular weight is 369 g/mol. The SMILES string of the molecule is O=C(O)c1cccc(NC(=O)[C@@H]2CC(=O)N(c3ccc([N+](=O)[O-])cc3)C2)c1. The van der Waals surface area contributed by atoms with Crippen LogP contribution in [-0.2, 0) is 9.59 Å². The first kappa shape index (κ1) is 18.1. The number of carboxylic acid groups (broad SMARTS) is 1. The Kier molecular flexibility index (Phi) is 4.84. The lowest BCUT2D eigenvalue weighted by atomic mass is 10.1. The Morgan fingerprint density at radius 2 is 1.89 bits per heavy atom. The van der Waals surface area contributed by atoms with Crippen LogP contribution in [0.1, 0.15) is 16.8 Å². The second-order valence-corrected chi connectivity index (χ2v) is 6.05. The lowest BCUT2D eigenvalue weighted by molar-refractivity contribution is -0.384. The van der Waals surface area contributed by atoms with Gasteiger partial charge >= 0.3 is 5.97 Å². The number of carbonyl (C=O) groups excluding carboxylic acids is 2. The van der Waals surface area contributed by atoms with E-state index in [0.717, 1.165) is 0 Å². The minimum absolute atomic E-state index is 0.00143. The van der Waals surface area contributed by atoms with Gasteiger partial charge in [0.1, 0.15) is 0 Å². The van der Waals surface area contributed by atoms with Crippen molar-refractivity contribution in [1.29, 1.82) is 0 Å². The van der Waals surface area contributed by atoms with Crippen molar-refractivity contribution in [3.63, 3.8) is 0 Å². The number of anilines is 2. The molecule has 1 heterocycles. The van der Waals surface area contributed by atoms with Gasteiger partial charge in [-0.15, -0.1) is 0 Å². The van der Waals surface area contributed by atoms with Crippen molar-refractivity contribution in [3.8, 4) is 0 Å². The molecule has 9 heteroatoms. The van der Waals surface area contributed by atoms with Crippen LogP contribution in [0.2, 0.25) is 0 Å². The second kappa shape index (κ2) is 7.24. The highest BCUT2D eigenvalue weighted by Crippen LogP contribution is 2.27. The van der Waals surface area contributed by atoms with Crippen molar-refractivity contribution in [2.24, 2.45) is 5.92 Å². The van der Waals surface area contributed by atoms with E-state index < -0.39 is 22.7 Å². The molecule has 0 bridgehead atoms. The monoisotopic (exact) mass is 369 g/mol. The molecule has 0 radical (unpaired) electrons. The molecule has 1 atom stereocenters. The van der Waals surface area contributed by atoms with E-state index >= 15 is 0 Å². The first-order valence-electron chi connectivity index (χ1n) is 8.04. The maximum absolute atomic E-state index is 12.4. The number of nitro groups is 1. The quantitative estimate of drug-likeness (QED) is 0.614. The van der Waals surface area contributed by atoms with Crippen molar-refractivity contribution in [3.05, 3.63) is 64.2 Å². The van der Waals surface area contributed by atoms with Crippen molar-refractivity contribution >= 4 is 34.8 Å². The molecule has 0 saturated carbocycles. The van der Waals surface area contributed by atoms with E-state index in [-0.39, 0.29) is 30.1 Å². The largest absolute Gasteiger partial charge is 0.478 e. The lowest BCUT2D eigenvalue weighted by Gasteiger charge is -2.16. The summed E-state index contributed by atoms with van der Waals surface area (Å²) in [4.78, 5) is 47.3. The molecule has 2 amide bonds. The number of hydrogen-bond donors (Lipinski definition) is 2. The van der Waals surface area contributed by atoms with Gasteiger partial charge in [0.15, 0.2) is 0 Å². The van der Waals surface area contributed by atoms with Gasteiger partial charge in [-0.1, -0.05) is 6.07 Å². The van der Waals surface area contributed by atoms with Crippen LogP contribution in [0.15, 0.2) is 48.5 Å². The summed E-state index contributed by atoms with van der Waals surface area (Å²) in [5.41, 5.74) is 0.774. The van der Waals surface area contributed by atoms with Crippen molar-refractivity contribution in [2.75, 3.05) is 16.8 Å². The van der Waals surface area contributed by atoms with Crippen molar-refractivity contribution < 1.29 is 24.4 Å². The number of aromatic carboxylic acids is 1. The Morgan fingerprint density at radius 3 is 2.52 bits per heavy atom. The molecule has 0 spiro atoms. The molecule has 27 heavy (non-hydrogen) atoms. The zero-order chi connectivity index (χ0) is 19.6. The van der Waals surface area contributed by atoms with Crippen LogP contribution < -0.4 is 10.2 Å². The number of benzene rings is 2. The fourth-order valence-electron chi connectivity index (χ4n) is 2.86. The van der Waals surface area contributed by atoms with E-state index in [0.29, 0.717) is 11.4 Å². The van der Waals surface area contributed by atoms with Crippen molar-refractivity contribution in [2.45, 2.75) is 6.42 Å². The highest BCUT2D eigenvalue weighted by Gasteiger charge is 2.35. The molecule has 2 aromatic rings. The smallest absolute Gasteiger partial charge is 0.335 e. The number of hydrogen-bond acceptors (Lipinski definition) is 5. The zero-order valence-corrected chi connectivity index (χ0v) is 14.0. The van der Waals surface area contributed by atoms with Gasteiger partial charge in [0.05, 0.1) is 16.4 Å². The Morgan fingerprint density at radius 1 is 1.19 bits per heavy atom. The Bertz CT molecular complexity index is 925. The summed E-state index contributed by atoms with van der Waals surface area (Å²) in [5.74, 6) is -2.37. The number of carboxylic acids is 1. The summed E-state index contributed by atoms with van der Waals surface area (Å²) >= 11 is 0. The summed E-state index contributed by atoms with van der Waals surface area (Å²) in [7, 11) is 0. The highest BCUT2D eigenvalue weighted by atomic mass is 16.6. The summed E-state index contributed by atoms with van der Waals surface area (Å²) < 4.78 is 0. The molecule has 1 fully saturated rings. The van der Waals surface area contributed by atoms with Gasteiger partial charge in [0, 0.05) is 36.5 Å². The summed E-state index contributed by atoms with van der Waals surface area (Å²) in [6.45, 7) is 0.140. The molecule has 0 aromatic heterocycles. The summed E-state index contributed by atoms with van der Waals surface area (Å²) in [6.07, 6.45) is 0.00143. The van der Waals surface area contributed by atoms with Crippen LogP contribution in [0.4, 0.5) is 17.1 Å². The van der Waals surface area contributed by atoms with Crippen LogP contribution in [0.3, 0.4) is 0 Å². The van der Waals surface area contributed by atoms with Gasteiger partial charge in [0.25, 0.3) is 5.69 Å². The zero-order valence-electron chi connectivity index (χ0n) is 14.0. The molecule has 138 valence electrons. The molecule has 2 N–H and O–H groups in total. The molecule has 0 unspecified atom stereocenters. The van der Waals surface area contributed by atoms with Crippen LogP contribution in [0, 0.1) is 16.0 Å². The molecule has 3 rings (SSSR count). The normalized spacial score (nSPS) is 16.2. The third-order valence-corrected chi connectivity index (χ3v) is 4.25. The Hall–Kier alpha value is -3.75. The third-order valence-electron chi connectivity index (χ3n) is 4.25. The first-order chi connectivity index (χ1) is 12.8. The third kappa shape index (κ3) is 3.92. The molecule has 9 nitrogen and oxygen atoms in total. The van der Waals surface area contributed by atoms with Gasteiger partial charge in [0.2, 0.25) is 11.8 Å².